The summed E-state index contributed by atoms with van der Waals surface area (Å²) in [7, 11) is 1.38. The molecule has 0 aromatic heterocycles. The predicted molar refractivity (Wildman–Crippen MR) is 66.7 cm³/mol. The lowest BCUT2D eigenvalue weighted by molar-refractivity contribution is -0.161. The minimum absolute atomic E-state index is 0.144. The molecule has 1 N–H and O–H groups in total. The summed E-state index contributed by atoms with van der Waals surface area (Å²) in [5, 5.41) is 9.49. The molecule has 0 aliphatic carbocycles. The number of rotatable bonds is 3. The van der Waals surface area contributed by atoms with E-state index in [-0.39, 0.29) is 11.7 Å². The summed E-state index contributed by atoms with van der Waals surface area (Å²) in [5.74, 6) is 0.393. The zero-order chi connectivity index (χ0) is 13.2. The monoisotopic (exact) mass is 250 g/mol. The van der Waals surface area contributed by atoms with Gasteiger partial charge in [0.2, 0.25) is 5.60 Å². The maximum atomic E-state index is 12.0. The Balaban J connectivity index is 2.34. The molecule has 1 aliphatic heterocycles. The first-order valence-corrected chi connectivity index (χ1v) is 6.20. The maximum absolute atomic E-state index is 12.0. The lowest BCUT2D eigenvalue weighted by Gasteiger charge is -2.36. The molecule has 1 aromatic carbocycles. The van der Waals surface area contributed by atoms with E-state index in [2.05, 4.69) is 0 Å². The molecule has 1 aromatic rings. The summed E-state index contributed by atoms with van der Waals surface area (Å²) in [6, 6.07) is 5.02. The largest absolute Gasteiger partial charge is 0.508 e. The Morgan fingerprint density at radius 2 is 2.33 bits per heavy atom. The summed E-state index contributed by atoms with van der Waals surface area (Å²) in [5.41, 5.74) is 0.119. The summed E-state index contributed by atoms with van der Waals surface area (Å²) in [6.07, 6.45) is 2.83. The smallest absolute Gasteiger partial charge is 0.350 e. The van der Waals surface area contributed by atoms with Gasteiger partial charge in [0.25, 0.3) is 0 Å². The molecule has 98 valence electrons. The highest BCUT2D eigenvalue weighted by molar-refractivity contribution is 5.80. The number of carbonyl (C=O) groups excluding carboxylic acids is 1. The van der Waals surface area contributed by atoms with Crippen molar-refractivity contribution in [3.05, 3.63) is 23.8 Å². The number of benzene rings is 1. The molecule has 2 rings (SSSR count). The van der Waals surface area contributed by atoms with Crippen LogP contribution in [-0.2, 0) is 16.0 Å². The maximum Gasteiger partial charge on any atom is 0.350 e. The third kappa shape index (κ3) is 2.15. The molecule has 0 saturated carbocycles. The summed E-state index contributed by atoms with van der Waals surface area (Å²) in [4.78, 5) is 12.0. The van der Waals surface area contributed by atoms with Gasteiger partial charge >= 0.3 is 5.97 Å². The van der Waals surface area contributed by atoms with Crippen LogP contribution in [-0.4, -0.2) is 23.8 Å². The van der Waals surface area contributed by atoms with Gasteiger partial charge in [-0.1, -0.05) is 19.4 Å². The first kappa shape index (κ1) is 12.7. The van der Waals surface area contributed by atoms with Gasteiger partial charge in [0, 0.05) is 12.5 Å². The fourth-order valence-corrected chi connectivity index (χ4v) is 2.45. The molecule has 0 amide bonds. The molecule has 0 fully saturated rings. The highest BCUT2D eigenvalue weighted by Gasteiger charge is 2.43. The van der Waals surface area contributed by atoms with Crippen LogP contribution < -0.4 is 4.74 Å². The van der Waals surface area contributed by atoms with Crippen molar-refractivity contribution in [1.82, 2.24) is 0 Å². The number of carbonyl (C=O) groups is 1. The number of hydrogen-bond acceptors (Lipinski definition) is 4. The van der Waals surface area contributed by atoms with Gasteiger partial charge in [0.15, 0.2) is 0 Å². The van der Waals surface area contributed by atoms with E-state index in [0.717, 1.165) is 18.4 Å². The quantitative estimate of drug-likeness (QED) is 0.837. The van der Waals surface area contributed by atoms with Gasteiger partial charge in [-0.05, 0) is 24.5 Å². The fourth-order valence-electron chi connectivity index (χ4n) is 2.45. The second-order valence-electron chi connectivity index (χ2n) is 4.63. The van der Waals surface area contributed by atoms with Crippen LogP contribution in [0, 0.1) is 0 Å². The zero-order valence-corrected chi connectivity index (χ0v) is 10.7. The molecule has 1 heterocycles. The van der Waals surface area contributed by atoms with Crippen molar-refractivity contribution < 1.29 is 19.4 Å². The zero-order valence-electron chi connectivity index (χ0n) is 10.7. The van der Waals surface area contributed by atoms with Crippen molar-refractivity contribution in [2.24, 2.45) is 0 Å². The first-order chi connectivity index (χ1) is 8.61. The van der Waals surface area contributed by atoms with E-state index in [0.29, 0.717) is 18.6 Å². The van der Waals surface area contributed by atoms with E-state index < -0.39 is 5.60 Å². The van der Waals surface area contributed by atoms with E-state index >= 15 is 0 Å². The summed E-state index contributed by atoms with van der Waals surface area (Å²) < 4.78 is 10.7. The molecule has 1 aliphatic rings. The molecule has 1 unspecified atom stereocenters. The first-order valence-electron chi connectivity index (χ1n) is 6.20. The molecular weight excluding hydrogens is 232 g/mol. The topological polar surface area (TPSA) is 55.8 Å². The van der Waals surface area contributed by atoms with Crippen LogP contribution in [0.3, 0.4) is 0 Å². The van der Waals surface area contributed by atoms with Crippen LogP contribution >= 0.6 is 0 Å². The Labute approximate surface area is 107 Å². The molecule has 0 bridgehead atoms. The Kier molecular flexibility index (Phi) is 3.45. The van der Waals surface area contributed by atoms with Crippen LogP contribution in [0.2, 0.25) is 0 Å². The number of phenolic OH excluding ortho intramolecular Hbond substituents is 1. The SMILES string of the molecule is CCCC1(C(=O)OC)CCc2ccc(O)cc2O1. The fraction of sp³-hybridized carbons (Fsp3) is 0.500. The average molecular weight is 250 g/mol. The average Bonchev–Trinajstić information content (AvgIpc) is 2.37. The van der Waals surface area contributed by atoms with Crippen LogP contribution in [0.4, 0.5) is 0 Å². The van der Waals surface area contributed by atoms with E-state index in [4.69, 9.17) is 9.47 Å². The standard InChI is InChI=1S/C14H18O4/c1-3-7-14(13(16)17-2)8-6-10-4-5-11(15)9-12(10)18-14/h4-5,9,15H,3,6-8H2,1-2H3. The van der Waals surface area contributed by atoms with Gasteiger partial charge in [0.1, 0.15) is 11.5 Å². The molecule has 0 saturated heterocycles. The number of ether oxygens (including phenoxy) is 2. The van der Waals surface area contributed by atoms with Crippen molar-refractivity contribution in [1.29, 1.82) is 0 Å². The summed E-state index contributed by atoms with van der Waals surface area (Å²) >= 11 is 0. The van der Waals surface area contributed by atoms with Crippen molar-refractivity contribution >= 4 is 5.97 Å². The van der Waals surface area contributed by atoms with Crippen LogP contribution in [0.1, 0.15) is 31.7 Å². The van der Waals surface area contributed by atoms with Crippen LogP contribution in [0.15, 0.2) is 18.2 Å². The molecule has 4 nitrogen and oxygen atoms in total. The van der Waals surface area contributed by atoms with Gasteiger partial charge in [-0.3, -0.25) is 0 Å². The Bertz CT molecular complexity index is 455. The van der Waals surface area contributed by atoms with Crippen LogP contribution in [0.25, 0.3) is 0 Å². The third-order valence-corrected chi connectivity index (χ3v) is 3.37. The molecule has 0 spiro atoms. The van der Waals surface area contributed by atoms with Gasteiger partial charge in [-0.2, -0.15) is 0 Å². The molecule has 4 heteroatoms. The summed E-state index contributed by atoms with van der Waals surface area (Å²) in [6.45, 7) is 2.01. The molecular formula is C14H18O4. The van der Waals surface area contributed by atoms with Gasteiger partial charge in [-0.15, -0.1) is 0 Å². The highest BCUT2D eigenvalue weighted by Crippen LogP contribution is 2.38. The minimum Gasteiger partial charge on any atom is -0.508 e. The van der Waals surface area contributed by atoms with E-state index in [9.17, 15) is 9.90 Å². The van der Waals surface area contributed by atoms with Crippen molar-refractivity contribution in [2.45, 2.75) is 38.2 Å². The predicted octanol–water partition coefficient (Wildman–Crippen LogP) is 2.43. The van der Waals surface area contributed by atoms with Gasteiger partial charge < -0.3 is 14.6 Å². The number of phenols is 1. The van der Waals surface area contributed by atoms with Gasteiger partial charge in [-0.25, -0.2) is 4.79 Å². The van der Waals surface area contributed by atoms with E-state index in [1.54, 1.807) is 12.1 Å². The van der Waals surface area contributed by atoms with Crippen molar-refractivity contribution in [3.8, 4) is 11.5 Å². The third-order valence-electron chi connectivity index (χ3n) is 3.37. The number of hydrogen-bond donors (Lipinski definition) is 1. The molecule has 18 heavy (non-hydrogen) atoms. The van der Waals surface area contributed by atoms with Crippen molar-refractivity contribution in [2.75, 3.05) is 7.11 Å². The number of fused-ring (bicyclic) bond motifs is 1. The molecule has 1 atom stereocenters. The van der Waals surface area contributed by atoms with E-state index in [1.165, 1.54) is 7.11 Å². The number of methoxy groups -OCH3 is 1. The second-order valence-corrected chi connectivity index (χ2v) is 4.63. The normalized spacial score (nSPS) is 21.9. The molecule has 0 radical (unpaired) electrons. The number of aryl methyl sites for hydroxylation is 1. The lowest BCUT2D eigenvalue weighted by Crippen LogP contribution is -2.47. The Hall–Kier alpha value is -1.71. The Morgan fingerprint density at radius 1 is 1.56 bits per heavy atom. The number of esters is 1. The number of aromatic hydroxyl groups is 1. The minimum atomic E-state index is -0.899. The highest BCUT2D eigenvalue weighted by atomic mass is 16.6. The Morgan fingerprint density at radius 3 is 3.00 bits per heavy atom. The van der Waals surface area contributed by atoms with Crippen molar-refractivity contribution in [3.63, 3.8) is 0 Å². The lowest BCUT2D eigenvalue weighted by atomic mass is 9.87. The van der Waals surface area contributed by atoms with Gasteiger partial charge in [0.05, 0.1) is 7.11 Å². The van der Waals surface area contributed by atoms with E-state index in [1.807, 2.05) is 13.0 Å². The second kappa shape index (κ2) is 4.88. The van der Waals surface area contributed by atoms with Crippen LogP contribution in [0.5, 0.6) is 11.5 Å².